The zero-order valence-corrected chi connectivity index (χ0v) is 10.7. The van der Waals surface area contributed by atoms with Crippen LogP contribution in [-0.4, -0.2) is 19.8 Å². The van der Waals surface area contributed by atoms with E-state index in [1.54, 1.807) is 15.9 Å². The zero-order valence-electron chi connectivity index (χ0n) is 9.09. The zero-order chi connectivity index (χ0) is 11.8. The van der Waals surface area contributed by atoms with Crippen molar-refractivity contribution in [3.63, 3.8) is 0 Å². The number of fused-ring (bicyclic) bond motifs is 1. The maximum Gasteiger partial charge on any atom is 0.234 e. The molecule has 0 spiro atoms. The summed E-state index contributed by atoms with van der Waals surface area (Å²) in [7, 11) is 0. The molecule has 0 bridgehead atoms. The van der Waals surface area contributed by atoms with Gasteiger partial charge in [0.2, 0.25) is 4.96 Å². The van der Waals surface area contributed by atoms with Crippen molar-refractivity contribution in [3.05, 3.63) is 45.7 Å². The van der Waals surface area contributed by atoms with Gasteiger partial charge in [0.1, 0.15) is 5.01 Å². The fraction of sp³-hybridized carbons (Fsp3) is 0.182. The van der Waals surface area contributed by atoms with E-state index in [9.17, 15) is 0 Å². The Morgan fingerprint density at radius 3 is 2.71 bits per heavy atom. The molecule has 86 valence electrons. The fourth-order valence-electron chi connectivity index (χ4n) is 1.60. The van der Waals surface area contributed by atoms with E-state index in [2.05, 4.69) is 15.3 Å². The number of nitrogens with zero attached hydrogens (tertiary/aromatic N) is 4. The minimum Gasteiger partial charge on any atom is -0.188 e. The van der Waals surface area contributed by atoms with Crippen LogP contribution in [0.4, 0.5) is 0 Å². The van der Waals surface area contributed by atoms with Gasteiger partial charge in [-0.05, 0) is 24.6 Å². The largest absolute Gasteiger partial charge is 0.234 e. The highest BCUT2D eigenvalue weighted by Crippen LogP contribution is 2.18. The van der Waals surface area contributed by atoms with Gasteiger partial charge in [-0.25, -0.2) is 0 Å². The molecule has 17 heavy (non-hydrogen) atoms. The van der Waals surface area contributed by atoms with Gasteiger partial charge in [0.25, 0.3) is 0 Å². The predicted octanol–water partition coefficient (Wildman–Crippen LogP) is 2.74. The van der Waals surface area contributed by atoms with Crippen molar-refractivity contribution in [2.45, 2.75) is 13.3 Å². The Morgan fingerprint density at radius 2 is 2.00 bits per heavy atom. The van der Waals surface area contributed by atoms with E-state index in [-0.39, 0.29) is 0 Å². The summed E-state index contributed by atoms with van der Waals surface area (Å²) in [5.74, 6) is 0.818. The third-order valence-electron chi connectivity index (χ3n) is 2.46. The van der Waals surface area contributed by atoms with Gasteiger partial charge in [-0.1, -0.05) is 35.1 Å². The van der Waals surface area contributed by atoms with E-state index in [0.29, 0.717) is 0 Å². The van der Waals surface area contributed by atoms with Crippen molar-refractivity contribution in [2.24, 2.45) is 0 Å². The summed E-state index contributed by atoms with van der Waals surface area (Å²) in [6.45, 7) is 1.89. The number of rotatable bonds is 2. The lowest BCUT2D eigenvalue weighted by Crippen LogP contribution is -1.92. The second-order valence-corrected chi connectivity index (χ2v) is 5.22. The first-order valence-electron chi connectivity index (χ1n) is 5.14. The van der Waals surface area contributed by atoms with E-state index in [1.165, 1.54) is 5.56 Å². The predicted molar refractivity (Wildman–Crippen MR) is 67.7 cm³/mol. The minimum atomic E-state index is 0.753. The van der Waals surface area contributed by atoms with Gasteiger partial charge in [0.15, 0.2) is 5.82 Å². The van der Waals surface area contributed by atoms with E-state index in [4.69, 9.17) is 11.6 Å². The molecule has 0 unspecified atom stereocenters. The second kappa shape index (κ2) is 4.09. The molecule has 0 aliphatic heterocycles. The highest BCUT2D eigenvalue weighted by Gasteiger charge is 2.08. The van der Waals surface area contributed by atoms with Crippen LogP contribution in [0.25, 0.3) is 4.96 Å². The molecule has 0 N–H and O–H groups in total. The molecule has 0 saturated heterocycles. The maximum atomic E-state index is 5.85. The first-order chi connectivity index (χ1) is 8.22. The molecule has 0 atom stereocenters. The molecule has 4 nitrogen and oxygen atoms in total. The lowest BCUT2D eigenvalue weighted by atomic mass is 10.2. The average Bonchev–Trinajstić information content (AvgIpc) is 2.85. The molecule has 2 heterocycles. The average molecular weight is 265 g/mol. The molecule has 0 aliphatic rings. The first-order valence-corrected chi connectivity index (χ1v) is 6.34. The quantitative estimate of drug-likeness (QED) is 0.715. The highest BCUT2D eigenvalue weighted by atomic mass is 35.5. The number of hydrogen-bond acceptors (Lipinski definition) is 4. The smallest absolute Gasteiger partial charge is 0.188 e. The van der Waals surface area contributed by atoms with Crippen LogP contribution in [0.1, 0.15) is 16.4 Å². The first kappa shape index (κ1) is 10.7. The topological polar surface area (TPSA) is 43.1 Å². The van der Waals surface area contributed by atoms with Crippen LogP contribution in [0, 0.1) is 6.92 Å². The second-order valence-electron chi connectivity index (χ2n) is 3.74. The van der Waals surface area contributed by atoms with Gasteiger partial charge < -0.3 is 0 Å². The molecular weight excluding hydrogens is 256 g/mol. The molecule has 6 heteroatoms. The molecule has 0 amide bonds. The van der Waals surface area contributed by atoms with E-state index in [1.807, 2.05) is 31.2 Å². The molecule has 0 fully saturated rings. The lowest BCUT2D eigenvalue weighted by Gasteiger charge is -1.96. The molecule has 0 aliphatic carbocycles. The third-order valence-corrected chi connectivity index (χ3v) is 3.61. The highest BCUT2D eigenvalue weighted by molar-refractivity contribution is 7.16. The molecule has 3 rings (SSSR count). The summed E-state index contributed by atoms with van der Waals surface area (Å²) in [6.07, 6.45) is 0.796. The monoisotopic (exact) mass is 264 g/mol. The summed E-state index contributed by atoms with van der Waals surface area (Å²) in [5, 5.41) is 14.2. The van der Waals surface area contributed by atoms with Crippen molar-refractivity contribution in [2.75, 3.05) is 0 Å². The molecule has 2 aromatic heterocycles. The van der Waals surface area contributed by atoms with Crippen LogP contribution in [0.2, 0.25) is 5.02 Å². The van der Waals surface area contributed by atoms with E-state index >= 15 is 0 Å². The molecule has 3 aromatic rings. The van der Waals surface area contributed by atoms with Crippen molar-refractivity contribution >= 4 is 27.9 Å². The van der Waals surface area contributed by atoms with Gasteiger partial charge in [-0.15, -0.1) is 10.2 Å². The SMILES string of the molecule is Cc1nnc2sc(Cc3ccc(Cl)cc3)nn12. The van der Waals surface area contributed by atoms with Crippen molar-refractivity contribution in [1.29, 1.82) is 0 Å². The number of aromatic nitrogens is 4. The number of aryl methyl sites for hydroxylation is 1. The summed E-state index contributed by atoms with van der Waals surface area (Å²) < 4.78 is 1.77. The number of hydrogen-bond donors (Lipinski definition) is 0. The summed E-state index contributed by atoms with van der Waals surface area (Å²) in [4.78, 5) is 0.839. The van der Waals surface area contributed by atoms with Crippen LogP contribution >= 0.6 is 22.9 Å². The van der Waals surface area contributed by atoms with Crippen LogP contribution in [0.5, 0.6) is 0 Å². The van der Waals surface area contributed by atoms with Crippen molar-refractivity contribution in [1.82, 2.24) is 19.8 Å². The lowest BCUT2D eigenvalue weighted by molar-refractivity contribution is 0.864. The Kier molecular flexibility index (Phi) is 2.57. The van der Waals surface area contributed by atoms with Crippen LogP contribution in [-0.2, 0) is 6.42 Å². The third kappa shape index (κ3) is 2.03. The van der Waals surface area contributed by atoms with Gasteiger partial charge >= 0.3 is 0 Å². The molecule has 0 saturated carbocycles. The van der Waals surface area contributed by atoms with Gasteiger partial charge in [-0.2, -0.15) is 9.61 Å². The summed E-state index contributed by atoms with van der Waals surface area (Å²) in [6, 6.07) is 7.81. The Morgan fingerprint density at radius 1 is 1.24 bits per heavy atom. The normalized spacial score (nSPS) is 11.2. The van der Waals surface area contributed by atoms with Crippen LogP contribution in [0.15, 0.2) is 24.3 Å². The van der Waals surface area contributed by atoms with Gasteiger partial charge in [0, 0.05) is 11.4 Å². The maximum absolute atomic E-state index is 5.85. The van der Waals surface area contributed by atoms with Crippen LogP contribution < -0.4 is 0 Å². The molecule has 1 aromatic carbocycles. The Hall–Kier alpha value is -1.46. The molecular formula is C11H9ClN4S. The summed E-state index contributed by atoms with van der Waals surface area (Å²) >= 11 is 7.41. The fourth-order valence-corrected chi connectivity index (χ4v) is 2.64. The summed E-state index contributed by atoms with van der Waals surface area (Å²) in [5.41, 5.74) is 1.19. The van der Waals surface area contributed by atoms with Gasteiger partial charge in [0.05, 0.1) is 0 Å². The van der Waals surface area contributed by atoms with Crippen molar-refractivity contribution < 1.29 is 0 Å². The van der Waals surface area contributed by atoms with Crippen molar-refractivity contribution in [3.8, 4) is 0 Å². The van der Waals surface area contributed by atoms with E-state index in [0.717, 1.165) is 27.2 Å². The van der Waals surface area contributed by atoms with E-state index < -0.39 is 0 Å². The number of halogens is 1. The van der Waals surface area contributed by atoms with Gasteiger partial charge in [-0.3, -0.25) is 0 Å². The standard InChI is InChI=1S/C11H9ClN4S/c1-7-13-14-11-16(7)15-10(17-11)6-8-2-4-9(12)5-3-8/h2-5H,6H2,1H3. The Balaban J connectivity index is 1.91. The Bertz CT molecular complexity index is 656. The van der Waals surface area contributed by atoms with Crippen LogP contribution in [0.3, 0.4) is 0 Å². The number of benzene rings is 1. The Labute approximate surface area is 107 Å². The minimum absolute atomic E-state index is 0.753. The molecule has 0 radical (unpaired) electrons.